The number of thioether (sulfide) groups is 1. The third-order valence-corrected chi connectivity index (χ3v) is 6.08. The Morgan fingerprint density at radius 3 is 2.37 bits per heavy atom. The zero-order valence-corrected chi connectivity index (χ0v) is 16.8. The highest BCUT2D eigenvalue weighted by molar-refractivity contribution is 8.15. The van der Waals surface area contributed by atoms with E-state index >= 15 is 0 Å². The molecule has 5 rings (SSSR count). The van der Waals surface area contributed by atoms with Gasteiger partial charge in [0.15, 0.2) is 11.5 Å². The fourth-order valence-electron chi connectivity index (χ4n) is 3.59. The summed E-state index contributed by atoms with van der Waals surface area (Å²) in [5.74, 6) is 0.419. The molecule has 1 atom stereocenters. The van der Waals surface area contributed by atoms with Crippen LogP contribution < -0.4 is 5.32 Å². The van der Waals surface area contributed by atoms with Crippen molar-refractivity contribution in [2.75, 3.05) is 0 Å². The molecule has 30 heavy (non-hydrogen) atoms. The van der Waals surface area contributed by atoms with Crippen molar-refractivity contribution < 1.29 is 14.0 Å². The number of hydrogen-bond donors (Lipinski definition) is 1. The van der Waals surface area contributed by atoms with Gasteiger partial charge in [-0.1, -0.05) is 72.4 Å². The molecule has 0 radical (unpaired) electrons. The number of fused-ring (bicyclic) bond motifs is 1. The van der Waals surface area contributed by atoms with E-state index in [1.807, 2.05) is 36.4 Å². The third kappa shape index (κ3) is 3.86. The number of carbonyl (C=O) groups excluding carboxylic acids is 2. The number of amides is 2. The predicted molar refractivity (Wildman–Crippen MR) is 117 cm³/mol. The van der Waals surface area contributed by atoms with E-state index in [9.17, 15) is 9.59 Å². The number of nitrogens with one attached hydrogen (secondary N) is 1. The van der Waals surface area contributed by atoms with Crippen LogP contribution in [0.2, 0.25) is 0 Å². The number of hydrogen-bond acceptors (Lipinski definition) is 5. The lowest BCUT2D eigenvalue weighted by atomic mass is 10.0. The highest BCUT2D eigenvalue weighted by Crippen LogP contribution is 2.26. The maximum Gasteiger partial charge on any atom is 0.286 e. The van der Waals surface area contributed by atoms with E-state index in [-0.39, 0.29) is 16.4 Å². The average Bonchev–Trinajstić information content (AvgIpc) is 3.30. The molecule has 6 heteroatoms. The molecule has 1 saturated heterocycles. The van der Waals surface area contributed by atoms with Crippen molar-refractivity contribution in [3.8, 4) is 11.1 Å². The number of carbonyl (C=O) groups is 2. The van der Waals surface area contributed by atoms with Gasteiger partial charge < -0.3 is 4.42 Å². The monoisotopic (exact) mass is 414 g/mol. The lowest BCUT2D eigenvalue weighted by Crippen LogP contribution is -2.25. The topological polar surface area (TPSA) is 72.2 Å². The molecule has 2 amide bonds. The van der Waals surface area contributed by atoms with Crippen LogP contribution in [0.4, 0.5) is 4.79 Å². The molecule has 0 spiro atoms. The Bertz CT molecular complexity index is 1230. The zero-order valence-electron chi connectivity index (χ0n) is 16.0. The van der Waals surface area contributed by atoms with Crippen LogP contribution in [0, 0.1) is 0 Å². The van der Waals surface area contributed by atoms with Gasteiger partial charge in [0.05, 0.1) is 5.25 Å². The van der Waals surface area contributed by atoms with Gasteiger partial charge in [0.25, 0.3) is 5.24 Å². The van der Waals surface area contributed by atoms with Crippen molar-refractivity contribution in [2.45, 2.75) is 18.1 Å². The highest BCUT2D eigenvalue weighted by Gasteiger charge is 2.31. The molecule has 1 aliphatic heterocycles. The molecule has 3 aromatic carbocycles. The van der Waals surface area contributed by atoms with E-state index in [0.29, 0.717) is 24.3 Å². The van der Waals surface area contributed by atoms with E-state index in [2.05, 4.69) is 46.7 Å². The lowest BCUT2D eigenvalue weighted by Gasteiger charge is -2.04. The molecule has 148 valence electrons. The molecule has 1 aliphatic rings. The van der Waals surface area contributed by atoms with Gasteiger partial charge in [0.2, 0.25) is 5.91 Å². The standard InChI is InChI=1S/C24H18N2O3S/c27-23-21(30-24(28)26-23)13-16-8-11-20-19(12-16)25-22(29-20)14-15-6-9-18(10-7-15)17-4-2-1-3-5-17/h1-12,21H,13-14H2,(H,26,27,28). The van der Waals surface area contributed by atoms with Crippen molar-refractivity contribution in [3.05, 3.63) is 89.8 Å². The fourth-order valence-corrected chi connectivity index (χ4v) is 4.44. The molecule has 0 bridgehead atoms. The van der Waals surface area contributed by atoms with E-state index in [1.54, 1.807) is 0 Å². The molecule has 2 heterocycles. The van der Waals surface area contributed by atoms with Crippen LogP contribution in [-0.2, 0) is 17.6 Å². The normalized spacial score (nSPS) is 16.2. The molecule has 1 N–H and O–H groups in total. The minimum Gasteiger partial charge on any atom is -0.440 e. The summed E-state index contributed by atoms with van der Waals surface area (Å²) in [6.07, 6.45) is 1.09. The summed E-state index contributed by atoms with van der Waals surface area (Å²) in [5, 5.41) is 1.65. The molecule has 1 aromatic heterocycles. The van der Waals surface area contributed by atoms with E-state index < -0.39 is 0 Å². The Morgan fingerprint density at radius 2 is 1.63 bits per heavy atom. The highest BCUT2D eigenvalue weighted by atomic mass is 32.2. The first kappa shape index (κ1) is 18.6. The second kappa shape index (κ2) is 7.80. The maximum atomic E-state index is 11.8. The number of nitrogens with zero attached hydrogens (tertiary/aromatic N) is 1. The molecule has 5 nitrogen and oxygen atoms in total. The van der Waals surface area contributed by atoms with Gasteiger partial charge in [-0.2, -0.15) is 0 Å². The van der Waals surface area contributed by atoms with Crippen LogP contribution in [0.5, 0.6) is 0 Å². The van der Waals surface area contributed by atoms with Crippen molar-refractivity contribution >= 4 is 34.0 Å². The molecule has 1 unspecified atom stereocenters. The quantitative estimate of drug-likeness (QED) is 0.499. The predicted octanol–water partition coefficient (Wildman–Crippen LogP) is 4.98. The first-order chi connectivity index (χ1) is 14.6. The van der Waals surface area contributed by atoms with Gasteiger partial charge in [-0.3, -0.25) is 14.9 Å². The molecule has 0 saturated carbocycles. The van der Waals surface area contributed by atoms with Crippen LogP contribution in [-0.4, -0.2) is 21.4 Å². The maximum absolute atomic E-state index is 11.8. The number of benzene rings is 3. The summed E-state index contributed by atoms with van der Waals surface area (Å²) < 4.78 is 5.90. The fraction of sp³-hybridized carbons (Fsp3) is 0.125. The Hall–Kier alpha value is -3.38. The Labute approximate surface area is 177 Å². The Balaban J connectivity index is 1.31. The summed E-state index contributed by atoms with van der Waals surface area (Å²) in [7, 11) is 0. The second-order valence-electron chi connectivity index (χ2n) is 7.24. The minimum atomic E-state index is -0.385. The summed E-state index contributed by atoms with van der Waals surface area (Å²) in [5.41, 5.74) is 5.92. The van der Waals surface area contributed by atoms with Gasteiger partial charge in [0, 0.05) is 6.42 Å². The molecule has 0 aliphatic carbocycles. The zero-order chi connectivity index (χ0) is 20.5. The molecular formula is C24H18N2O3S. The van der Waals surface area contributed by atoms with Gasteiger partial charge >= 0.3 is 0 Å². The first-order valence-corrected chi connectivity index (χ1v) is 10.6. The first-order valence-electron chi connectivity index (χ1n) is 9.68. The van der Waals surface area contributed by atoms with E-state index in [4.69, 9.17) is 4.42 Å². The van der Waals surface area contributed by atoms with Crippen LogP contribution in [0.1, 0.15) is 17.0 Å². The summed E-state index contributed by atoms with van der Waals surface area (Å²) >= 11 is 1.04. The largest absolute Gasteiger partial charge is 0.440 e. The molecule has 1 fully saturated rings. The van der Waals surface area contributed by atoms with Gasteiger partial charge in [-0.25, -0.2) is 4.98 Å². The SMILES string of the molecule is O=C1NC(=O)C(Cc2ccc3oc(Cc4ccc(-c5ccccc5)cc4)nc3c2)S1. The Morgan fingerprint density at radius 1 is 0.900 bits per heavy atom. The molecular weight excluding hydrogens is 396 g/mol. The summed E-state index contributed by atoms with van der Waals surface area (Å²) in [6.45, 7) is 0. The van der Waals surface area contributed by atoms with Crippen molar-refractivity contribution in [2.24, 2.45) is 0 Å². The smallest absolute Gasteiger partial charge is 0.286 e. The Kier molecular flexibility index (Phi) is 4.85. The third-order valence-electron chi connectivity index (χ3n) is 5.10. The van der Waals surface area contributed by atoms with Gasteiger partial charge in [-0.15, -0.1) is 0 Å². The second-order valence-corrected chi connectivity index (χ2v) is 8.41. The summed E-state index contributed by atoms with van der Waals surface area (Å²) in [4.78, 5) is 27.8. The van der Waals surface area contributed by atoms with Crippen molar-refractivity contribution in [3.63, 3.8) is 0 Å². The summed E-state index contributed by atoms with van der Waals surface area (Å²) in [6, 6.07) is 24.4. The number of oxazole rings is 1. The lowest BCUT2D eigenvalue weighted by molar-refractivity contribution is -0.118. The molecule has 4 aromatic rings. The van der Waals surface area contributed by atoms with Crippen LogP contribution in [0.25, 0.3) is 22.2 Å². The van der Waals surface area contributed by atoms with Crippen molar-refractivity contribution in [1.29, 1.82) is 0 Å². The van der Waals surface area contributed by atoms with Crippen molar-refractivity contribution in [1.82, 2.24) is 10.3 Å². The van der Waals surface area contributed by atoms with Crippen LogP contribution in [0.3, 0.4) is 0 Å². The number of rotatable bonds is 5. The van der Waals surface area contributed by atoms with Crippen LogP contribution in [0.15, 0.2) is 77.2 Å². The van der Waals surface area contributed by atoms with E-state index in [0.717, 1.165) is 28.4 Å². The number of aromatic nitrogens is 1. The van der Waals surface area contributed by atoms with Gasteiger partial charge in [0.1, 0.15) is 5.52 Å². The van der Waals surface area contributed by atoms with E-state index in [1.165, 1.54) is 11.1 Å². The average molecular weight is 414 g/mol. The minimum absolute atomic E-state index is 0.232. The van der Waals surface area contributed by atoms with Gasteiger partial charge in [-0.05, 0) is 40.8 Å². The number of imide groups is 1. The van der Waals surface area contributed by atoms with Crippen LogP contribution >= 0.6 is 11.8 Å².